The Hall–Kier alpha value is -1.19. The van der Waals surface area contributed by atoms with Crippen molar-refractivity contribution in [1.82, 2.24) is 0 Å². The number of hydrogen-bond donors (Lipinski definition) is 2. The summed E-state index contributed by atoms with van der Waals surface area (Å²) >= 11 is 0. The molecule has 1 rings (SSSR count). The molecule has 1 aromatic carbocycles. The molecule has 3 heteroatoms. The lowest BCUT2D eigenvalue weighted by atomic mass is 10.2. The summed E-state index contributed by atoms with van der Waals surface area (Å²) in [5.74, 6) is 0. The molecule has 0 aliphatic rings. The molecule has 0 radical (unpaired) electrons. The van der Waals surface area contributed by atoms with E-state index < -0.39 is 6.29 Å². The number of aliphatic imine (C=N–C) groups is 1. The SMILES string of the molecule is C=Nc1ccccc1C(O)O. The number of rotatable bonds is 2. The van der Waals surface area contributed by atoms with Gasteiger partial charge < -0.3 is 10.2 Å². The smallest absolute Gasteiger partial charge is 0.180 e. The predicted octanol–water partition coefficient (Wildman–Crippen LogP) is 1.00. The van der Waals surface area contributed by atoms with Crippen molar-refractivity contribution in [3.05, 3.63) is 29.8 Å². The Labute approximate surface area is 64.6 Å². The van der Waals surface area contributed by atoms with Gasteiger partial charge in [-0.15, -0.1) is 0 Å². The second-order valence-electron chi connectivity index (χ2n) is 2.09. The standard InChI is InChI=1S/C8H9NO2/c1-9-7-5-3-2-4-6(7)8(10)11/h2-5,8,10-11H,1H2. The normalized spacial score (nSPS) is 10.1. The second kappa shape index (κ2) is 3.27. The van der Waals surface area contributed by atoms with Crippen LogP contribution in [-0.4, -0.2) is 16.9 Å². The minimum atomic E-state index is -1.48. The van der Waals surface area contributed by atoms with Gasteiger partial charge in [0.1, 0.15) is 0 Å². The molecule has 0 aliphatic heterocycles. The average molecular weight is 151 g/mol. The maximum absolute atomic E-state index is 8.80. The van der Waals surface area contributed by atoms with Gasteiger partial charge in [0.2, 0.25) is 0 Å². The largest absolute Gasteiger partial charge is 0.364 e. The van der Waals surface area contributed by atoms with Gasteiger partial charge in [-0.1, -0.05) is 18.2 Å². The number of aliphatic hydroxyl groups excluding tert-OH is 1. The van der Waals surface area contributed by atoms with Gasteiger partial charge in [-0.2, -0.15) is 0 Å². The first-order chi connectivity index (χ1) is 5.25. The molecule has 2 N–H and O–H groups in total. The van der Waals surface area contributed by atoms with Crippen molar-refractivity contribution in [1.29, 1.82) is 0 Å². The summed E-state index contributed by atoms with van der Waals surface area (Å²) in [5.41, 5.74) is 0.880. The fraction of sp³-hybridized carbons (Fsp3) is 0.125. The maximum atomic E-state index is 8.80. The quantitative estimate of drug-likeness (QED) is 0.489. The highest BCUT2D eigenvalue weighted by Gasteiger charge is 2.05. The van der Waals surface area contributed by atoms with E-state index in [0.29, 0.717) is 11.3 Å². The van der Waals surface area contributed by atoms with Gasteiger partial charge >= 0.3 is 0 Å². The minimum Gasteiger partial charge on any atom is -0.364 e. The summed E-state index contributed by atoms with van der Waals surface area (Å²) in [5, 5.41) is 17.6. The van der Waals surface area contributed by atoms with Gasteiger partial charge in [-0.3, -0.25) is 4.99 Å². The number of nitrogens with zero attached hydrogens (tertiary/aromatic N) is 1. The van der Waals surface area contributed by atoms with Crippen LogP contribution in [0.1, 0.15) is 11.9 Å². The van der Waals surface area contributed by atoms with E-state index in [9.17, 15) is 0 Å². The van der Waals surface area contributed by atoms with Crippen LogP contribution in [0.4, 0.5) is 5.69 Å². The maximum Gasteiger partial charge on any atom is 0.180 e. The molecule has 3 nitrogen and oxygen atoms in total. The first-order valence-corrected chi connectivity index (χ1v) is 3.17. The van der Waals surface area contributed by atoms with Crippen molar-refractivity contribution < 1.29 is 10.2 Å². The van der Waals surface area contributed by atoms with E-state index in [-0.39, 0.29) is 0 Å². The lowest BCUT2D eigenvalue weighted by Gasteiger charge is -2.05. The molecule has 0 aromatic heterocycles. The third kappa shape index (κ3) is 1.63. The Balaban J connectivity index is 3.12. The fourth-order valence-electron chi connectivity index (χ4n) is 0.850. The van der Waals surface area contributed by atoms with Crippen molar-refractivity contribution in [2.24, 2.45) is 4.99 Å². The summed E-state index contributed by atoms with van der Waals surface area (Å²) in [6, 6.07) is 6.73. The highest BCUT2D eigenvalue weighted by molar-refractivity contribution is 5.51. The molecule has 0 amide bonds. The van der Waals surface area contributed by atoms with Gasteiger partial charge in [0, 0.05) is 5.56 Å². The molecule has 0 spiro atoms. The molecule has 0 fully saturated rings. The Morgan fingerprint density at radius 1 is 1.27 bits per heavy atom. The van der Waals surface area contributed by atoms with Crippen molar-refractivity contribution in [2.75, 3.05) is 0 Å². The molecule has 0 saturated heterocycles. The van der Waals surface area contributed by atoms with E-state index in [1.807, 2.05) is 0 Å². The van der Waals surface area contributed by atoms with Crippen LogP contribution in [0, 0.1) is 0 Å². The molecule has 0 aliphatic carbocycles. The highest BCUT2D eigenvalue weighted by atomic mass is 16.5. The van der Waals surface area contributed by atoms with Gasteiger partial charge in [-0.05, 0) is 12.8 Å². The zero-order valence-corrected chi connectivity index (χ0v) is 5.94. The molecule has 0 bridgehead atoms. The van der Waals surface area contributed by atoms with Crippen LogP contribution in [0.25, 0.3) is 0 Å². The van der Waals surface area contributed by atoms with Crippen molar-refractivity contribution in [3.8, 4) is 0 Å². The lowest BCUT2D eigenvalue weighted by molar-refractivity contribution is -0.0419. The Morgan fingerprint density at radius 2 is 1.91 bits per heavy atom. The Morgan fingerprint density at radius 3 is 2.36 bits per heavy atom. The van der Waals surface area contributed by atoms with E-state index >= 15 is 0 Å². The molecular formula is C8H9NO2. The topological polar surface area (TPSA) is 52.8 Å². The second-order valence-corrected chi connectivity index (χ2v) is 2.09. The fourth-order valence-corrected chi connectivity index (χ4v) is 0.850. The molecule has 58 valence electrons. The van der Waals surface area contributed by atoms with Crippen molar-refractivity contribution >= 4 is 12.4 Å². The molecule has 0 atom stereocenters. The number of benzene rings is 1. The summed E-state index contributed by atoms with van der Waals surface area (Å²) in [6.45, 7) is 3.30. The van der Waals surface area contributed by atoms with Crippen LogP contribution >= 0.6 is 0 Å². The molecule has 0 heterocycles. The number of para-hydroxylation sites is 1. The van der Waals surface area contributed by atoms with Crippen molar-refractivity contribution in [2.45, 2.75) is 6.29 Å². The molecule has 0 saturated carbocycles. The monoisotopic (exact) mass is 151 g/mol. The number of aliphatic hydroxyl groups is 2. The molecular weight excluding hydrogens is 142 g/mol. The van der Waals surface area contributed by atoms with E-state index in [4.69, 9.17) is 10.2 Å². The first-order valence-electron chi connectivity index (χ1n) is 3.17. The van der Waals surface area contributed by atoms with Crippen LogP contribution in [-0.2, 0) is 0 Å². The number of hydrogen-bond acceptors (Lipinski definition) is 3. The minimum absolute atomic E-state index is 0.377. The summed E-state index contributed by atoms with van der Waals surface area (Å²) in [4.78, 5) is 3.62. The van der Waals surface area contributed by atoms with Gasteiger partial charge in [0.15, 0.2) is 6.29 Å². The van der Waals surface area contributed by atoms with E-state index in [1.165, 1.54) is 0 Å². The lowest BCUT2D eigenvalue weighted by Crippen LogP contribution is -1.94. The van der Waals surface area contributed by atoms with Crippen molar-refractivity contribution in [3.63, 3.8) is 0 Å². The predicted molar refractivity (Wildman–Crippen MR) is 42.8 cm³/mol. The Bertz CT molecular complexity index is 258. The summed E-state index contributed by atoms with van der Waals surface area (Å²) < 4.78 is 0. The summed E-state index contributed by atoms with van der Waals surface area (Å²) in [7, 11) is 0. The van der Waals surface area contributed by atoms with Gasteiger partial charge in [0.25, 0.3) is 0 Å². The van der Waals surface area contributed by atoms with E-state index in [1.54, 1.807) is 24.3 Å². The third-order valence-corrected chi connectivity index (χ3v) is 1.39. The summed E-state index contributed by atoms with van der Waals surface area (Å²) in [6.07, 6.45) is -1.48. The highest BCUT2D eigenvalue weighted by Crippen LogP contribution is 2.22. The van der Waals surface area contributed by atoms with Crippen LogP contribution in [0.5, 0.6) is 0 Å². The van der Waals surface area contributed by atoms with E-state index in [0.717, 1.165) is 0 Å². The van der Waals surface area contributed by atoms with Gasteiger partial charge in [-0.25, -0.2) is 0 Å². The zero-order chi connectivity index (χ0) is 8.27. The molecule has 11 heavy (non-hydrogen) atoms. The van der Waals surface area contributed by atoms with Crippen LogP contribution in [0.2, 0.25) is 0 Å². The Kier molecular flexibility index (Phi) is 2.36. The van der Waals surface area contributed by atoms with E-state index in [2.05, 4.69) is 11.7 Å². The first kappa shape index (κ1) is 7.91. The third-order valence-electron chi connectivity index (χ3n) is 1.39. The van der Waals surface area contributed by atoms with Crippen LogP contribution in [0.15, 0.2) is 29.3 Å². The zero-order valence-electron chi connectivity index (χ0n) is 5.94. The van der Waals surface area contributed by atoms with Crippen LogP contribution < -0.4 is 0 Å². The average Bonchev–Trinajstić information content (AvgIpc) is 2.04. The van der Waals surface area contributed by atoms with Gasteiger partial charge in [0.05, 0.1) is 5.69 Å². The molecule has 0 unspecified atom stereocenters. The van der Waals surface area contributed by atoms with Crippen LogP contribution in [0.3, 0.4) is 0 Å². The molecule has 1 aromatic rings.